The largest absolute Gasteiger partial charge is 0.377 e. The van der Waals surface area contributed by atoms with Crippen LogP contribution in [0.3, 0.4) is 0 Å². The second-order valence-corrected chi connectivity index (χ2v) is 6.50. The number of nitrogens with zero attached hydrogens (tertiary/aromatic N) is 2. The molecule has 1 aromatic carbocycles. The van der Waals surface area contributed by atoms with Gasteiger partial charge in [-0.2, -0.15) is 0 Å². The van der Waals surface area contributed by atoms with Crippen molar-refractivity contribution in [2.24, 2.45) is 5.14 Å². The van der Waals surface area contributed by atoms with Crippen molar-refractivity contribution in [3.63, 3.8) is 0 Å². The van der Waals surface area contributed by atoms with Crippen LogP contribution in [0.15, 0.2) is 23.1 Å². The molecule has 116 valence electrons. The van der Waals surface area contributed by atoms with Gasteiger partial charge in [-0.1, -0.05) is 0 Å². The van der Waals surface area contributed by atoms with E-state index in [4.69, 9.17) is 9.88 Å². The van der Waals surface area contributed by atoms with Gasteiger partial charge >= 0.3 is 0 Å². The fourth-order valence-corrected chi connectivity index (χ4v) is 2.84. The summed E-state index contributed by atoms with van der Waals surface area (Å²) in [5.74, 6) is 0. The third kappa shape index (κ3) is 3.69. The maximum absolute atomic E-state index is 11.3. The highest BCUT2D eigenvalue weighted by atomic mass is 32.2. The first kappa shape index (κ1) is 15.7. The highest BCUT2D eigenvalue weighted by molar-refractivity contribution is 7.89. The van der Waals surface area contributed by atoms with Gasteiger partial charge in [0.15, 0.2) is 0 Å². The summed E-state index contributed by atoms with van der Waals surface area (Å²) in [6.45, 7) is 3.61. The molecule has 1 heterocycles. The molecule has 8 nitrogen and oxygen atoms in total. The van der Waals surface area contributed by atoms with Crippen molar-refractivity contribution in [3.05, 3.63) is 28.3 Å². The lowest BCUT2D eigenvalue weighted by atomic mass is 10.2. The molecule has 1 atom stereocenters. The van der Waals surface area contributed by atoms with Crippen LogP contribution in [0.4, 0.5) is 11.4 Å². The van der Waals surface area contributed by atoms with E-state index in [1.165, 1.54) is 12.1 Å². The van der Waals surface area contributed by atoms with Crippen molar-refractivity contribution in [2.75, 3.05) is 24.6 Å². The van der Waals surface area contributed by atoms with Gasteiger partial charge < -0.3 is 9.64 Å². The van der Waals surface area contributed by atoms with Crippen LogP contribution in [0.5, 0.6) is 0 Å². The summed E-state index contributed by atoms with van der Waals surface area (Å²) >= 11 is 0. The topological polar surface area (TPSA) is 116 Å². The average Bonchev–Trinajstić information content (AvgIpc) is 2.61. The molecule has 2 rings (SSSR count). The van der Waals surface area contributed by atoms with Crippen LogP contribution in [0.25, 0.3) is 0 Å². The number of nitrogens with two attached hydrogens (primary N) is 1. The number of rotatable bonds is 3. The Balaban J connectivity index is 2.45. The number of ether oxygens (including phenoxy) is 1. The van der Waals surface area contributed by atoms with Crippen molar-refractivity contribution in [3.8, 4) is 0 Å². The average molecular weight is 315 g/mol. The molecule has 0 aliphatic carbocycles. The third-order valence-electron chi connectivity index (χ3n) is 3.27. The second-order valence-electron chi connectivity index (χ2n) is 4.93. The van der Waals surface area contributed by atoms with E-state index in [-0.39, 0.29) is 16.7 Å². The molecule has 0 aromatic heterocycles. The van der Waals surface area contributed by atoms with Gasteiger partial charge in [-0.3, -0.25) is 10.1 Å². The number of hydrogen-bond acceptors (Lipinski definition) is 6. The van der Waals surface area contributed by atoms with Crippen LogP contribution in [-0.2, 0) is 14.8 Å². The number of hydrogen-bond donors (Lipinski definition) is 1. The molecule has 0 saturated carbocycles. The van der Waals surface area contributed by atoms with E-state index in [0.29, 0.717) is 25.4 Å². The lowest BCUT2D eigenvalue weighted by Crippen LogP contribution is -2.30. The summed E-state index contributed by atoms with van der Waals surface area (Å²) in [6, 6.07) is 3.71. The molecule has 1 saturated heterocycles. The minimum atomic E-state index is -3.97. The van der Waals surface area contributed by atoms with Crippen LogP contribution in [-0.4, -0.2) is 39.1 Å². The Morgan fingerprint density at radius 1 is 1.48 bits per heavy atom. The van der Waals surface area contributed by atoms with Crippen molar-refractivity contribution in [1.29, 1.82) is 0 Å². The molecule has 1 fully saturated rings. The fraction of sp³-hybridized carbons (Fsp3) is 0.500. The number of nitro groups is 1. The quantitative estimate of drug-likeness (QED) is 0.653. The van der Waals surface area contributed by atoms with Crippen molar-refractivity contribution >= 4 is 21.4 Å². The summed E-state index contributed by atoms with van der Waals surface area (Å²) in [5, 5.41) is 16.2. The Kier molecular flexibility index (Phi) is 4.45. The molecule has 0 bridgehead atoms. The lowest BCUT2D eigenvalue weighted by Gasteiger charge is -2.24. The smallest absolute Gasteiger partial charge is 0.293 e. The zero-order chi connectivity index (χ0) is 15.6. The zero-order valence-electron chi connectivity index (χ0n) is 11.6. The van der Waals surface area contributed by atoms with E-state index < -0.39 is 14.9 Å². The number of nitro benzene ring substituents is 1. The number of sulfonamides is 1. The summed E-state index contributed by atoms with van der Waals surface area (Å²) in [7, 11) is -3.97. The summed E-state index contributed by atoms with van der Waals surface area (Å²) < 4.78 is 28.2. The van der Waals surface area contributed by atoms with Crippen LogP contribution >= 0.6 is 0 Å². The van der Waals surface area contributed by atoms with Gasteiger partial charge in [-0.05, 0) is 25.5 Å². The van der Waals surface area contributed by atoms with Crippen molar-refractivity contribution < 1.29 is 18.1 Å². The molecule has 0 spiro atoms. The van der Waals surface area contributed by atoms with E-state index >= 15 is 0 Å². The first-order valence-corrected chi connectivity index (χ1v) is 8.01. The normalized spacial score (nSPS) is 20.1. The number of primary sulfonamides is 1. The van der Waals surface area contributed by atoms with E-state index in [1.807, 2.05) is 11.8 Å². The molecule has 0 unspecified atom stereocenters. The molecule has 0 radical (unpaired) electrons. The van der Waals surface area contributed by atoms with E-state index in [9.17, 15) is 18.5 Å². The van der Waals surface area contributed by atoms with Gasteiger partial charge in [0, 0.05) is 25.8 Å². The van der Waals surface area contributed by atoms with Gasteiger partial charge in [0.1, 0.15) is 5.69 Å². The SMILES string of the molecule is C[C@@H]1CN(c2ccc(S(N)(=O)=O)cc2[N+](=O)[O-])CCCO1. The number of benzene rings is 1. The van der Waals surface area contributed by atoms with Crippen molar-refractivity contribution in [1.82, 2.24) is 0 Å². The second kappa shape index (κ2) is 5.96. The van der Waals surface area contributed by atoms with E-state index in [1.54, 1.807) is 0 Å². The maximum Gasteiger partial charge on any atom is 0.293 e. The fourth-order valence-electron chi connectivity index (χ4n) is 2.31. The third-order valence-corrected chi connectivity index (χ3v) is 4.18. The van der Waals surface area contributed by atoms with Crippen LogP contribution in [0.2, 0.25) is 0 Å². The van der Waals surface area contributed by atoms with E-state index in [0.717, 1.165) is 12.5 Å². The zero-order valence-corrected chi connectivity index (χ0v) is 12.4. The number of anilines is 1. The minimum absolute atomic E-state index is 0.0509. The maximum atomic E-state index is 11.3. The molecule has 1 aliphatic rings. The molecular formula is C12H17N3O5S. The van der Waals surface area contributed by atoms with E-state index in [2.05, 4.69) is 0 Å². The van der Waals surface area contributed by atoms with Crippen LogP contribution in [0.1, 0.15) is 13.3 Å². The predicted molar refractivity (Wildman–Crippen MR) is 76.7 cm³/mol. The van der Waals surface area contributed by atoms with Crippen molar-refractivity contribution in [2.45, 2.75) is 24.3 Å². The molecule has 2 N–H and O–H groups in total. The first-order valence-electron chi connectivity index (χ1n) is 6.47. The van der Waals surface area contributed by atoms with Gasteiger partial charge in [-0.25, -0.2) is 13.6 Å². The summed E-state index contributed by atoms with van der Waals surface area (Å²) in [6.07, 6.45) is 0.698. The molecule has 21 heavy (non-hydrogen) atoms. The Bertz CT molecular complexity index is 646. The summed E-state index contributed by atoms with van der Waals surface area (Å²) in [4.78, 5) is 12.2. The van der Waals surface area contributed by atoms with Gasteiger partial charge in [0.05, 0.1) is 15.9 Å². The Hall–Kier alpha value is -1.71. The van der Waals surface area contributed by atoms with Gasteiger partial charge in [-0.15, -0.1) is 0 Å². The molecule has 1 aromatic rings. The van der Waals surface area contributed by atoms with Crippen LogP contribution < -0.4 is 10.0 Å². The minimum Gasteiger partial charge on any atom is -0.377 e. The van der Waals surface area contributed by atoms with Gasteiger partial charge in [0.2, 0.25) is 10.0 Å². The highest BCUT2D eigenvalue weighted by Gasteiger charge is 2.25. The molecular weight excluding hydrogens is 298 g/mol. The molecule has 9 heteroatoms. The van der Waals surface area contributed by atoms with Crippen LogP contribution in [0, 0.1) is 10.1 Å². The predicted octanol–water partition coefficient (Wildman–Crippen LogP) is 0.857. The molecule has 0 amide bonds. The summed E-state index contributed by atoms with van der Waals surface area (Å²) in [5.41, 5.74) is 0.111. The monoisotopic (exact) mass is 315 g/mol. The Labute approximate surface area is 122 Å². The van der Waals surface area contributed by atoms with Gasteiger partial charge in [0.25, 0.3) is 5.69 Å². The highest BCUT2D eigenvalue weighted by Crippen LogP contribution is 2.31. The lowest BCUT2D eigenvalue weighted by molar-refractivity contribution is -0.384. The standard InChI is InChI=1S/C12H17N3O5S/c1-9-8-14(5-2-6-20-9)11-4-3-10(21(13,18)19)7-12(11)15(16)17/h3-4,7,9H,2,5-6,8H2,1H3,(H2,13,18,19)/t9-/m1/s1. The molecule has 1 aliphatic heterocycles. The first-order chi connectivity index (χ1) is 9.79. The Morgan fingerprint density at radius 3 is 2.81 bits per heavy atom. The Morgan fingerprint density at radius 2 is 2.19 bits per heavy atom.